The summed E-state index contributed by atoms with van der Waals surface area (Å²) in [6.07, 6.45) is 1.20. The van der Waals surface area contributed by atoms with Crippen LogP contribution in [0, 0.1) is 5.82 Å². The van der Waals surface area contributed by atoms with E-state index < -0.39 is 11.7 Å². The zero-order chi connectivity index (χ0) is 22.8. The van der Waals surface area contributed by atoms with Crippen molar-refractivity contribution in [3.63, 3.8) is 0 Å². The molecule has 32 heavy (non-hydrogen) atoms. The molecule has 0 atom stereocenters. The van der Waals surface area contributed by atoms with Gasteiger partial charge in [0.25, 0.3) is 5.91 Å². The van der Waals surface area contributed by atoms with Crippen LogP contribution in [0.25, 0.3) is 11.5 Å². The van der Waals surface area contributed by atoms with E-state index in [2.05, 4.69) is 25.8 Å². The van der Waals surface area contributed by atoms with E-state index in [0.717, 1.165) is 17.5 Å². The molecule has 2 aromatic heterocycles. The van der Waals surface area contributed by atoms with Crippen molar-refractivity contribution >= 4 is 17.6 Å². The van der Waals surface area contributed by atoms with Crippen LogP contribution in [0.1, 0.15) is 61.1 Å². The van der Waals surface area contributed by atoms with Gasteiger partial charge in [-0.1, -0.05) is 13.0 Å². The fourth-order valence-electron chi connectivity index (χ4n) is 3.67. The number of fused-ring (bicyclic) bond motifs is 1. The van der Waals surface area contributed by atoms with E-state index in [1.165, 1.54) is 12.1 Å². The second kappa shape index (κ2) is 8.81. The van der Waals surface area contributed by atoms with Crippen molar-refractivity contribution in [2.75, 3.05) is 5.32 Å². The Labute approximate surface area is 184 Å². The molecule has 4 rings (SSSR count). The second-order valence-corrected chi connectivity index (χ2v) is 8.00. The summed E-state index contributed by atoms with van der Waals surface area (Å²) < 4.78 is 16.3. The van der Waals surface area contributed by atoms with Crippen LogP contribution >= 0.6 is 0 Å². The van der Waals surface area contributed by atoms with Gasteiger partial charge in [-0.25, -0.2) is 14.1 Å². The molecule has 0 aliphatic carbocycles. The molecule has 0 saturated heterocycles. The van der Waals surface area contributed by atoms with Crippen molar-refractivity contribution in [3.05, 3.63) is 52.8 Å². The largest absolute Gasteiger partial charge is 0.334 e. The summed E-state index contributed by atoms with van der Waals surface area (Å²) in [5, 5.41) is 14.3. The molecule has 1 aromatic carbocycles. The first-order valence-electron chi connectivity index (χ1n) is 10.5. The molecule has 0 fully saturated rings. The van der Waals surface area contributed by atoms with Gasteiger partial charge in [0, 0.05) is 19.5 Å². The molecule has 0 spiro atoms. The van der Waals surface area contributed by atoms with E-state index in [1.807, 2.05) is 20.8 Å². The van der Waals surface area contributed by atoms with E-state index in [0.29, 0.717) is 31.0 Å². The zero-order valence-electron chi connectivity index (χ0n) is 18.2. The molecule has 0 radical (unpaired) electrons. The molecule has 0 unspecified atom stereocenters. The average molecular weight is 437 g/mol. The summed E-state index contributed by atoms with van der Waals surface area (Å²) >= 11 is 0. The van der Waals surface area contributed by atoms with Crippen molar-refractivity contribution in [1.82, 2.24) is 30.1 Å². The Balaban J connectivity index is 1.54. The first-order valence-corrected chi connectivity index (χ1v) is 10.5. The third kappa shape index (κ3) is 4.20. The van der Waals surface area contributed by atoms with Crippen LogP contribution in [0.15, 0.2) is 30.3 Å². The summed E-state index contributed by atoms with van der Waals surface area (Å²) in [4.78, 5) is 31.1. The van der Waals surface area contributed by atoms with Gasteiger partial charge in [0.2, 0.25) is 11.7 Å². The van der Waals surface area contributed by atoms with Crippen LogP contribution in [0.5, 0.6) is 0 Å². The Kier molecular flexibility index (Phi) is 5.93. The number of pyridine rings is 1. The van der Waals surface area contributed by atoms with Gasteiger partial charge >= 0.3 is 0 Å². The third-order valence-electron chi connectivity index (χ3n) is 5.27. The van der Waals surface area contributed by atoms with Crippen LogP contribution < -0.4 is 5.32 Å². The van der Waals surface area contributed by atoms with Crippen molar-refractivity contribution < 1.29 is 14.0 Å². The Morgan fingerprint density at radius 2 is 1.94 bits per heavy atom. The molecular formula is C22H24FN7O2. The molecule has 3 aromatic rings. The second-order valence-electron chi connectivity index (χ2n) is 8.00. The Morgan fingerprint density at radius 1 is 1.19 bits per heavy atom. The van der Waals surface area contributed by atoms with E-state index >= 15 is 0 Å². The van der Waals surface area contributed by atoms with Crippen molar-refractivity contribution in [3.8, 4) is 11.5 Å². The highest BCUT2D eigenvalue weighted by Gasteiger charge is 2.26. The maximum atomic E-state index is 14.7. The fraction of sp³-hybridized carbons (Fsp3) is 0.364. The summed E-state index contributed by atoms with van der Waals surface area (Å²) in [5.74, 6) is -0.496. The molecule has 0 saturated carbocycles. The molecule has 1 aliphatic heterocycles. The lowest BCUT2D eigenvalue weighted by Crippen LogP contribution is -2.24. The topological polar surface area (TPSA) is 106 Å². The van der Waals surface area contributed by atoms with Crippen LogP contribution in [-0.2, 0) is 17.9 Å². The minimum Gasteiger partial charge on any atom is -0.334 e. The Morgan fingerprint density at radius 3 is 2.66 bits per heavy atom. The molecule has 3 heterocycles. The van der Waals surface area contributed by atoms with Gasteiger partial charge in [-0.15, -0.1) is 5.10 Å². The normalized spacial score (nSPS) is 12.8. The Hall–Kier alpha value is -3.69. The lowest BCUT2D eigenvalue weighted by Gasteiger charge is -2.14. The predicted octanol–water partition coefficient (Wildman–Crippen LogP) is 3.35. The lowest BCUT2D eigenvalue weighted by atomic mass is 10.1. The van der Waals surface area contributed by atoms with Crippen molar-refractivity contribution in [2.24, 2.45) is 0 Å². The van der Waals surface area contributed by atoms with Gasteiger partial charge < -0.3 is 10.2 Å². The molecule has 0 bridgehead atoms. The number of carbonyl (C=O) groups is 2. The van der Waals surface area contributed by atoms with Crippen molar-refractivity contribution in [1.29, 1.82) is 0 Å². The molecular weight excluding hydrogens is 413 g/mol. The number of tetrazole rings is 1. The summed E-state index contributed by atoms with van der Waals surface area (Å²) in [6.45, 7) is 6.56. The lowest BCUT2D eigenvalue weighted by molar-refractivity contribution is -0.131. The minimum absolute atomic E-state index is 0.0277. The van der Waals surface area contributed by atoms with Crippen LogP contribution in [0.2, 0.25) is 0 Å². The molecule has 1 aliphatic rings. The number of aromatic nitrogens is 5. The number of nitrogens with zero attached hydrogens (tertiary/aromatic N) is 6. The van der Waals surface area contributed by atoms with Gasteiger partial charge in [-0.2, -0.15) is 0 Å². The van der Waals surface area contributed by atoms with Crippen LogP contribution in [0.3, 0.4) is 0 Å². The average Bonchev–Trinajstić information content (AvgIpc) is 3.40. The fourth-order valence-corrected chi connectivity index (χ4v) is 3.67. The highest BCUT2D eigenvalue weighted by atomic mass is 19.1. The number of amides is 2. The van der Waals surface area contributed by atoms with Crippen LogP contribution in [0.4, 0.5) is 10.2 Å². The van der Waals surface area contributed by atoms with E-state index in [9.17, 15) is 14.0 Å². The molecule has 166 valence electrons. The van der Waals surface area contributed by atoms with E-state index in [-0.39, 0.29) is 23.3 Å². The SMILES string of the molecule is CCCC(=O)N1Cc2cc(F)c(C(=O)Nc3cccc(-c4nnnn4C(C)C)n3)cc2C1. The maximum absolute atomic E-state index is 14.7. The summed E-state index contributed by atoms with van der Waals surface area (Å²) in [7, 11) is 0. The smallest absolute Gasteiger partial charge is 0.259 e. The first kappa shape index (κ1) is 21.5. The zero-order valence-corrected chi connectivity index (χ0v) is 18.2. The molecule has 2 amide bonds. The monoisotopic (exact) mass is 437 g/mol. The third-order valence-corrected chi connectivity index (χ3v) is 5.27. The molecule has 1 N–H and O–H groups in total. The first-order chi connectivity index (χ1) is 15.4. The van der Waals surface area contributed by atoms with Crippen LogP contribution in [-0.4, -0.2) is 41.9 Å². The quantitative estimate of drug-likeness (QED) is 0.634. The predicted molar refractivity (Wildman–Crippen MR) is 115 cm³/mol. The van der Waals surface area contributed by atoms with E-state index in [4.69, 9.17) is 0 Å². The molecule has 9 nitrogen and oxygen atoms in total. The van der Waals surface area contributed by atoms with Gasteiger partial charge in [0.1, 0.15) is 17.3 Å². The number of rotatable bonds is 6. The number of benzene rings is 1. The van der Waals surface area contributed by atoms with Gasteiger partial charge in [0.05, 0.1) is 11.6 Å². The number of nitrogens with one attached hydrogen (secondary N) is 1. The highest BCUT2D eigenvalue weighted by molar-refractivity contribution is 6.04. The maximum Gasteiger partial charge on any atom is 0.259 e. The number of carbonyl (C=O) groups excluding carboxylic acids is 2. The summed E-state index contributed by atoms with van der Waals surface area (Å²) in [6, 6.07) is 7.95. The number of halogens is 1. The number of hydrogen-bond acceptors (Lipinski definition) is 6. The standard InChI is InChI=1S/C22H24FN7O2/c1-4-6-20(31)29-11-14-9-16(17(23)10-15(14)12-29)22(32)25-19-8-5-7-18(24-19)21-26-27-28-30(21)13(2)3/h5,7-10,13H,4,6,11-12H2,1-3H3,(H,24,25,32). The molecule has 10 heteroatoms. The van der Waals surface area contributed by atoms with Gasteiger partial charge in [0.15, 0.2) is 0 Å². The summed E-state index contributed by atoms with van der Waals surface area (Å²) in [5.41, 5.74) is 1.90. The van der Waals surface area contributed by atoms with Gasteiger partial charge in [-0.3, -0.25) is 9.59 Å². The highest BCUT2D eigenvalue weighted by Crippen LogP contribution is 2.27. The minimum atomic E-state index is -0.633. The van der Waals surface area contributed by atoms with Gasteiger partial charge in [-0.05, 0) is 66.1 Å². The Bertz CT molecular complexity index is 1170. The van der Waals surface area contributed by atoms with Crippen molar-refractivity contribution in [2.45, 2.75) is 52.7 Å². The van der Waals surface area contributed by atoms with E-state index in [1.54, 1.807) is 27.8 Å². The number of hydrogen-bond donors (Lipinski definition) is 1. The number of anilines is 1.